The number of rotatable bonds is 8. The fourth-order valence-electron chi connectivity index (χ4n) is 3.02. The lowest BCUT2D eigenvalue weighted by Gasteiger charge is -2.15. The fraction of sp³-hybridized carbons (Fsp3) is 0.167. The van der Waals surface area contributed by atoms with Crippen LogP contribution in [0.15, 0.2) is 77.7 Å². The first kappa shape index (κ1) is 23.7. The monoisotopic (exact) mass is 470 g/mol. The number of carbonyl (C=O) groups excluding carboxylic acids is 2. The van der Waals surface area contributed by atoms with Crippen LogP contribution in [0, 0.1) is 0 Å². The zero-order valence-electron chi connectivity index (χ0n) is 17.6. The van der Waals surface area contributed by atoms with E-state index in [2.05, 4.69) is 10.0 Å². The van der Waals surface area contributed by atoms with Gasteiger partial charge in [0, 0.05) is 22.7 Å². The highest BCUT2D eigenvalue weighted by Gasteiger charge is 2.15. The highest BCUT2D eigenvalue weighted by atomic mass is 35.5. The van der Waals surface area contributed by atoms with E-state index in [0.717, 1.165) is 5.56 Å². The van der Waals surface area contributed by atoms with Gasteiger partial charge in [0.1, 0.15) is 0 Å². The van der Waals surface area contributed by atoms with Gasteiger partial charge in [0.05, 0.1) is 10.9 Å². The van der Waals surface area contributed by atoms with Gasteiger partial charge in [-0.15, -0.1) is 0 Å². The summed E-state index contributed by atoms with van der Waals surface area (Å²) in [7, 11) is -3.73. The summed E-state index contributed by atoms with van der Waals surface area (Å²) in [4.78, 5) is 23.9. The number of amides is 1. The minimum atomic E-state index is -3.73. The third-order valence-electron chi connectivity index (χ3n) is 4.97. The SMILES string of the molecule is CC(=O)c1ccc(S(=O)(=O)NCc2ccc(C(=O)NC(C)c3ccc(Cl)cc3)cc2)cc1. The number of hydrogen-bond acceptors (Lipinski definition) is 4. The topological polar surface area (TPSA) is 92.3 Å². The predicted molar refractivity (Wildman–Crippen MR) is 124 cm³/mol. The van der Waals surface area contributed by atoms with E-state index >= 15 is 0 Å². The van der Waals surface area contributed by atoms with Gasteiger partial charge in [-0.3, -0.25) is 9.59 Å². The van der Waals surface area contributed by atoms with E-state index in [-0.39, 0.29) is 29.2 Å². The number of hydrogen-bond donors (Lipinski definition) is 2. The largest absolute Gasteiger partial charge is 0.346 e. The van der Waals surface area contributed by atoms with Gasteiger partial charge in [0.15, 0.2) is 5.78 Å². The maximum atomic E-state index is 12.5. The van der Waals surface area contributed by atoms with Crippen molar-refractivity contribution in [2.24, 2.45) is 0 Å². The maximum absolute atomic E-state index is 12.5. The molecular weight excluding hydrogens is 448 g/mol. The minimum absolute atomic E-state index is 0.0693. The predicted octanol–water partition coefficient (Wildman–Crippen LogP) is 4.51. The van der Waals surface area contributed by atoms with Crippen molar-refractivity contribution < 1.29 is 18.0 Å². The van der Waals surface area contributed by atoms with Crippen molar-refractivity contribution in [3.63, 3.8) is 0 Å². The summed E-state index contributed by atoms with van der Waals surface area (Å²) >= 11 is 5.90. The molecule has 0 aliphatic heterocycles. The Morgan fingerprint density at radius 3 is 2.00 bits per heavy atom. The van der Waals surface area contributed by atoms with E-state index < -0.39 is 10.0 Å². The van der Waals surface area contributed by atoms with E-state index in [1.807, 2.05) is 19.1 Å². The van der Waals surface area contributed by atoms with Crippen LogP contribution in [-0.2, 0) is 16.6 Å². The van der Waals surface area contributed by atoms with Gasteiger partial charge in [0.25, 0.3) is 5.91 Å². The Labute approximate surface area is 192 Å². The summed E-state index contributed by atoms with van der Waals surface area (Å²) in [6.45, 7) is 3.37. The van der Waals surface area contributed by atoms with Crippen LogP contribution in [0.4, 0.5) is 0 Å². The molecule has 0 saturated heterocycles. The van der Waals surface area contributed by atoms with Crippen LogP contribution >= 0.6 is 11.6 Å². The molecule has 0 spiro atoms. The molecule has 1 amide bonds. The molecule has 0 fully saturated rings. The van der Waals surface area contributed by atoms with Gasteiger partial charge < -0.3 is 5.32 Å². The highest BCUT2D eigenvalue weighted by molar-refractivity contribution is 7.89. The van der Waals surface area contributed by atoms with Crippen LogP contribution < -0.4 is 10.0 Å². The summed E-state index contributed by atoms with van der Waals surface area (Å²) in [5, 5.41) is 3.56. The number of Topliss-reactive ketones (excluding diaryl/α,β-unsaturated/α-hetero) is 1. The van der Waals surface area contributed by atoms with Gasteiger partial charge in [-0.25, -0.2) is 13.1 Å². The number of sulfonamides is 1. The summed E-state index contributed by atoms with van der Waals surface area (Å²) < 4.78 is 27.5. The van der Waals surface area contributed by atoms with Crippen molar-refractivity contribution in [2.75, 3.05) is 0 Å². The molecule has 0 aliphatic rings. The third-order valence-corrected chi connectivity index (χ3v) is 6.64. The molecule has 0 saturated carbocycles. The Hall–Kier alpha value is -3.00. The van der Waals surface area contributed by atoms with E-state index in [4.69, 9.17) is 11.6 Å². The molecule has 166 valence electrons. The Balaban J connectivity index is 1.59. The second-order valence-corrected chi connectivity index (χ2v) is 9.55. The van der Waals surface area contributed by atoms with E-state index in [0.29, 0.717) is 21.7 Å². The molecule has 3 aromatic carbocycles. The molecule has 0 aromatic heterocycles. The zero-order chi connectivity index (χ0) is 23.3. The molecule has 6 nitrogen and oxygen atoms in total. The van der Waals surface area contributed by atoms with Crippen molar-refractivity contribution in [3.05, 3.63) is 100 Å². The maximum Gasteiger partial charge on any atom is 0.251 e. The zero-order valence-corrected chi connectivity index (χ0v) is 19.2. The number of halogens is 1. The highest BCUT2D eigenvalue weighted by Crippen LogP contribution is 2.17. The quantitative estimate of drug-likeness (QED) is 0.474. The van der Waals surface area contributed by atoms with Crippen LogP contribution in [0.2, 0.25) is 5.02 Å². The Kier molecular flexibility index (Phi) is 7.45. The van der Waals surface area contributed by atoms with Crippen molar-refractivity contribution in [1.29, 1.82) is 0 Å². The standard InChI is InChI=1S/C24H23ClN2O4S/c1-16(19-7-11-22(25)12-8-19)27-24(29)21-5-3-18(4-6-21)15-26-32(30,31)23-13-9-20(10-14-23)17(2)28/h3-14,16,26H,15H2,1-2H3,(H,27,29). The molecule has 0 aliphatic carbocycles. The molecule has 0 heterocycles. The first-order valence-corrected chi connectivity index (χ1v) is 11.8. The second-order valence-electron chi connectivity index (χ2n) is 7.35. The first-order chi connectivity index (χ1) is 15.2. The van der Waals surface area contributed by atoms with Crippen molar-refractivity contribution >= 4 is 33.3 Å². The van der Waals surface area contributed by atoms with Gasteiger partial charge in [-0.2, -0.15) is 0 Å². The van der Waals surface area contributed by atoms with Crippen molar-refractivity contribution in [3.8, 4) is 0 Å². The summed E-state index contributed by atoms with van der Waals surface area (Å²) in [6, 6.07) is 19.5. The van der Waals surface area contributed by atoms with Gasteiger partial charge >= 0.3 is 0 Å². The smallest absolute Gasteiger partial charge is 0.251 e. The average molecular weight is 471 g/mol. The number of carbonyl (C=O) groups is 2. The van der Waals surface area contributed by atoms with Crippen LogP contribution in [-0.4, -0.2) is 20.1 Å². The van der Waals surface area contributed by atoms with E-state index in [9.17, 15) is 18.0 Å². The normalized spacial score (nSPS) is 12.2. The Bertz CT molecular complexity index is 1210. The van der Waals surface area contributed by atoms with Gasteiger partial charge in [-0.1, -0.05) is 48.0 Å². The number of benzene rings is 3. The van der Waals surface area contributed by atoms with Crippen molar-refractivity contribution in [2.45, 2.75) is 31.3 Å². The average Bonchev–Trinajstić information content (AvgIpc) is 2.78. The van der Waals surface area contributed by atoms with E-state index in [1.165, 1.54) is 31.2 Å². The van der Waals surface area contributed by atoms with Crippen molar-refractivity contribution in [1.82, 2.24) is 10.0 Å². The Morgan fingerprint density at radius 1 is 0.875 bits per heavy atom. The molecule has 3 aromatic rings. The molecule has 3 rings (SSSR count). The van der Waals surface area contributed by atoms with Crippen LogP contribution in [0.5, 0.6) is 0 Å². The summed E-state index contributed by atoms with van der Waals surface area (Å²) in [5.41, 5.74) is 2.56. The number of ketones is 1. The lowest BCUT2D eigenvalue weighted by atomic mass is 10.1. The molecule has 0 bridgehead atoms. The molecule has 8 heteroatoms. The van der Waals surface area contributed by atoms with E-state index in [1.54, 1.807) is 36.4 Å². The van der Waals surface area contributed by atoms with Crippen LogP contribution in [0.25, 0.3) is 0 Å². The molecule has 32 heavy (non-hydrogen) atoms. The Morgan fingerprint density at radius 2 is 1.44 bits per heavy atom. The molecule has 1 atom stereocenters. The van der Waals surface area contributed by atoms with Gasteiger partial charge in [-0.05, 0) is 61.4 Å². The first-order valence-electron chi connectivity index (χ1n) is 9.91. The molecule has 1 unspecified atom stereocenters. The second kappa shape index (κ2) is 10.1. The van der Waals surface area contributed by atoms with Gasteiger partial charge in [0.2, 0.25) is 10.0 Å². The fourth-order valence-corrected chi connectivity index (χ4v) is 4.16. The summed E-state index contributed by atoms with van der Waals surface area (Å²) in [6.07, 6.45) is 0. The lowest BCUT2D eigenvalue weighted by Crippen LogP contribution is -2.26. The molecule has 2 N–H and O–H groups in total. The lowest BCUT2D eigenvalue weighted by molar-refractivity contribution is 0.0939. The van der Waals surface area contributed by atoms with Crippen LogP contribution in [0.3, 0.4) is 0 Å². The molecule has 0 radical (unpaired) electrons. The minimum Gasteiger partial charge on any atom is -0.346 e. The summed E-state index contributed by atoms with van der Waals surface area (Å²) in [5.74, 6) is -0.362. The molecular formula is C24H23ClN2O4S. The third kappa shape index (κ3) is 6.03. The van der Waals surface area contributed by atoms with Crippen LogP contribution in [0.1, 0.15) is 51.7 Å². The number of nitrogens with one attached hydrogen (secondary N) is 2.